The number of nitrogens with one attached hydrogen (secondary N) is 1. The smallest absolute Gasteiger partial charge is 0.236 e. The van der Waals surface area contributed by atoms with Gasteiger partial charge in [0.05, 0.1) is 10.6 Å². The molecule has 98 valence electrons. The van der Waals surface area contributed by atoms with E-state index in [4.69, 9.17) is 4.42 Å². The molecule has 5 heteroatoms. The van der Waals surface area contributed by atoms with Crippen molar-refractivity contribution >= 4 is 21.4 Å². The van der Waals surface area contributed by atoms with Crippen LogP contribution in [0.1, 0.15) is 12.6 Å². The van der Waals surface area contributed by atoms with Gasteiger partial charge in [0.15, 0.2) is 0 Å². The average molecular weight is 276 g/mol. The molecule has 0 aliphatic rings. The van der Waals surface area contributed by atoms with Gasteiger partial charge >= 0.3 is 0 Å². The highest BCUT2D eigenvalue weighted by Gasteiger charge is 2.10. The quantitative estimate of drug-likeness (QED) is 0.787. The second-order valence-corrected chi connectivity index (χ2v) is 5.30. The summed E-state index contributed by atoms with van der Waals surface area (Å²) in [5.41, 5.74) is 0.875. The van der Waals surface area contributed by atoms with Gasteiger partial charge in [-0.05, 0) is 30.1 Å². The summed E-state index contributed by atoms with van der Waals surface area (Å²) >= 11 is 1.49. The Morgan fingerprint density at radius 2 is 2.26 bits per heavy atom. The van der Waals surface area contributed by atoms with Gasteiger partial charge in [0.1, 0.15) is 12.1 Å². The summed E-state index contributed by atoms with van der Waals surface area (Å²) in [5, 5.41) is 4.20. The zero-order valence-corrected chi connectivity index (χ0v) is 11.3. The van der Waals surface area contributed by atoms with Gasteiger partial charge in [0, 0.05) is 11.2 Å². The van der Waals surface area contributed by atoms with Crippen LogP contribution in [0.4, 0.5) is 4.39 Å². The van der Waals surface area contributed by atoms with E-state index in [0.29, 0.717) is 12.4 Å². The van der Waals surface area contributed by atoms with Crippen LogP contribution < -0.4 is 5.32 Å². The Balaban J connectivity index is 1.92. The van der Waals surface area contributed by atoms with Crippen molar-refractivity contribution in [1.82, 2.24) is 10.3 Å². The minimum atomic E-state index is -0.221. The molecule has 1 N–H and O–H groups in total. The van der Waals surface area contributed by atoms with Gasteiger partial charge < -0.3 is 9.73 Å². The zero-order valence-electron chi connectivity index (χ0n) is 10.4. The SMILES string of the molecule is CCNCc1coc(-c2cc3ccc(F)cc3s2)n1. The van der Waals surface area contributed by atoms with E-state index < -0.39 is 0 Å². The number of fused-ring (bicyclic) bond motifs is 1. The standard InChI is InChI=1S/C14H13FN2OS/c1-2-16-7-11-8-18-14(17-11)13-5-9-3-4-10(15)6-12(9)19-13/h3-6,8,16H,2,7H2,1H3. The van der Waals surface area contributed by atoms with Gasteiger partial charge in [-0.3, -0.25) is 0 Å². The third kappa shape index (κ3) is 2.52. The number of rotatable bonds is 4. The van der Waals surface area contributed by atoms with Crippen LogP contribution in [-0.2, 0) is 6.54 Å². The monoisotopic (exact) mass is 276 g/mol. The summed E-state index contributed by atoms with van der Waals surface area (Å²) in [6, 6.07) is 6.74. The maximum Gasteiger partial charge on any atom is 0.236 e. The molecule has 0 bridgehead atoms. The highest BCUT2D eigenvalue weighted by atomic mass is 32.1. The van der Waals surface area contributed by atoms with E-state index in [1.54, 1.807) is 12.3 Å². The number of hydrogen-bond acceptors (Lipinski definition) is 4. The lowest BCUT2D eigenvalue weighted by Gasteiger charge is -1.93. The van der Waals surface area contributed by atoms with Gasteiger partial charge in [-0.25, -0.2) is 9.37 Å². The van der Waals surface area contributed by atoms with Crippen LogP contribution in [0.3, 0.4) is 0 Å². The predicted molar refractivity (Wildman–Crippen MR) is 74.7 cm³/mol. The number of thiophene rings is 1. The van der Waals surface area contributed by atoms with E-state index in [1.807, 2.05) is 13.0 Å². The Morgan fingerprint density at radius 3 is 3.11 bits per heavy atom. The number of halogens is 1. The first-order chi connectivity index (χ1) is 9.26. The van der Waals surface area contributed by atoms with E-state index >= 15 is 0 Å². The van der Waals surface area contributed by atoms with Crippen molar-refractivity contribution < 1.29 is 8.81 Å². The van der Waals surface area contributed by atoms with Crippen LogP contribution in [0.5, 0.6) is 0 Å². The maximum atomic E-state index is 13.2. The van der Waals surface area contributed by atoms with Crippen LogP contribution in [0.25, 0.3) is 20.9 Å². The maximum absolute atomic E-state index is 13.2. The fourth-order valence-electron chi connectivity index (χ4n) is 1.86. The van der Waals surface area contributed by atoms with Crippen LogP contribution in [-0.4, -0.2) is 11.5 Å². The predicted octanol–water partition coefficient (Wildman–Crippen LogP) is 3.80. The summed E-state index contributed by atoms with van der Waals surface area (Å²) in [6.07, 6.45) is 1.66. The molecule has 3 rings (SSSR count). The number of nitrogens with zero attached hydrogens (tertiary/aromatic N) is 1. The Kier molecular flexibility index (Phi) is 3.31. The molecular formula is C14H13FN2OS. The molecule has 2 heterocycles. The minimum Gasteiger partial charge on any atom is -0.444 e. The average Bonchev–Trinajstić information content (AvgIpc) is 3.01. The molecule has 0 radical (unpaired) electrons. The number of aromatic nitrogens is 1. The van der Waals surface area contributed by atoms with Crippen molar-refractivity contribution in [1.29, 1.82) is 0 Å². The second-order valence-electron chi connectivity index (χ2n) is 4.22. The molecule has 3 aromatic rings. The van der Waals surface area contributed by atoms with Crippen LogP contribution in [0.2, 0.25) is 0 Å². The third-order valence-electron chi connectivity index (χ3n) is 2.80. The molecule has 0 amide bonds. The first kappa shape index (κ1) is 12.3. The van der Waals surface area contributed by atoms with Crippen molar-refractivity contribution in [3.63, 3.8) is 0 Å². The molecule has 2 aromatic heterocycles. The highest BCUT2D eigenvalue weighted by Crippen LogP contribution is 2.33. The molecule has 0 aliphatic carbocycles. The summed E-state index contributed by atoms with van der Waals surface area (Å²) in [7, 11) is 0. The third-order valence-corrected chi connectivity index (χ3v) is 3.89. The number of hydrogen-bond donors (Lipinski definition) is 1. The van der Waals surface area contributed by atoms with Gasteiger partial charge in [0.25, 0.3) is 0 Å². The summed E-state index contributed by atoms with van der Waals surface area (Å²) in [6.45, 7) is 3.63. The topological polar surface area (TPSA) is 38.1 Å². The lowest BCUT2D eigenvalue weighted by atomic mass is 10.2. The Bertz CT molecular complexity index is 704. The lowest BCUT2D eigenvalue weighted by Crippen LogP contribution is -2.11. The second kappa shape index (κ2) is 5.11. The fraction of sp³-hybridized carbons (Fsp3) is 0.214. The van der Waals surface area contributed by atoms with Crippen LogP contribution in [0.15, 0.2) is 34.9 Å². The lowest BCUT2D eigenvalue weighted by molar-refractivity contribution is 0.572. The summed E-state index contributed by atoms with van der Waals surface area (Å²) in [5.74, 6) is 0.371. The van der Waals surface area contributed by atoms with Gasteiger partial charge in [0.2, 0.25) is 5.89 Å². The van der Waals surface area contributed by atoms with Crippen molar-refractivity contribution in [2.45, 2.75) is 13.5 Å². The molecule has 0 spiro atoms. The van der Waals surface area contributed by atoms with Crippen LogP contribution in [0, 0.1) is 5.82 Å². The van der Waals surface area contributed by atoms with Crippen molar-refractivity contribution in [3.8, 4) is 10.8 Å². The van der Waals surface area contributed by atoms with E-state index in [-0.39, 0.29) is 5.82 Å². The van der Waals surface area contributed by atoms with Gasteiger partial charge in [-0.2, -0.15) is 0 Å². The molecule has 0 atom stereocenters. The van der Waals surface area contributed by atoms with Crippen molar-refractivity contribution in [3.05, 3.63) is 42.0 Å². The first-order valence-electron chi connectivity index (χ1n) is 6.11. The Hall–Kier alpha value is -1.72. The largest absolute Gasteiger partial charge is 0.444 e. The summed E-state index contributed by atoms with van der Waals surface area (Å²) in [4.78, 5) is 5.34. The minimum absolute atomic E-state index is 0.221. The normalized spacial score (nSPS) is 11.3. The molecule has 0 saturated carbocycles. The Labute approximate surface area is 114 Å². The van der Waals surface area contributed by atoms with E-state index in [0.717, 1.165) is 27.2 Å². The molecular weight excluding hydrogens is 263 g/mol. The van der Waals surface area contributed by atoms with E-state index in [2.05, 4.69) is 10.3 Å². The Morgan fingerprint density at radius 1 is 1.37 bits per heavy atom. The van der Waals surface area contributed by atoms with Crippen LogP contribution >= 0.6 is 11.3 Å². The molecule has 1 aromatic carbocycles. The highest BCUT2D eigenvalue weighted by molar-refractivity contribution is 7.22. The molecule has 19 heavy (non-hydrogen) atoms. The van der Waals surface area contributed by atoms with E-state index in [9.17, 15) is 4.39 Å². The van der Waals surface area contributed by atoms with E-state index in [1.165, 1.54) is 23.5 Å². The van der Waals surface area contributed by atoms with Gasteiger partial charge in [-0.1, -0.05) is 13.0 Å². The first-order valence-corrected chi connectivity index (χ1v) is 6.92. The molecule has 3 nitrogen and oxygen atoms in total. The van der Waals surface area contributed by atoms with Crippen molar-refractivity contribution in [2.75, 3.05) is 6.54 Å². The molecule has 0 fully saturated rings. The van der Waals surface area contributed by atoms with Crippen molar-refractivity contribution in [2.24, 2.45) is 0 Å². The van der Waals surface area contributed by atoms with Gasteiger partial charge in [-0.15, -0.1) is 11.3 Å². The zero-order chi connectivity index (χ0) is 13.2. The summed E-state index contributed by atoms with van der Waals surface area (Å²) < 4.78 is 19.5. The number of benzene rings is 1. The molecule has 0 unspecified atom stereocenters. The fourth-order valence-corrected chi connectivity index (χ4v) is 2.89. The number of oxazole rings is 1. The molecule has 0 saturated heterocycles. The molecule has 0 aliphatic heterocycles.